The Morgan fingerprint density at radius 1 is 1.39 bits per heavy atom. The van der Waals surface area contributed by atoms with Crippen molar-refractivity contribution in [3.8, 4) is 0 Å². The van der Waals surface area contributed by atoms with Crippen molar-refractivity contribution in [2.24, 2.45) is 0 Å². The van der Waals surface area contributed by atoms with Crippen LogP contribution in [0.2, 0.25) is 0 Å². The van der Waals surface area contributed by atoms with Gasteiger partial charge in [-0.2, -0.15) is 23.5 Å². The molecule has 18 heavy (non-hydrogen) atoms. The van der Waals surface area contributed by atoms with Crippen molar-refractivity contribution in [2.75, 3.05) is 29.1 Å². The minimum absolute atomic E-state index is 0.734. The number of benzene rings is 1. The number of nitrogens with one attached hydrogen (secondary N) is 1. The fourth-order valence-corrected chi connectivity index (χ4v) is 5.43. The Bertz CT molecular complexity index is 532. The van der Waals surface area contributed by atoms with E-state index in [-0.39, 0.29) is 0 Å². The van der Waals surface area contributed by atoms with Crippen molar-refractivity contribution in [2.45, 2.75) is 12.2 Å². The van der Waals surface area contributed by atoms with Crippen LogP contribution in [0.4, 0.5) is 5.13 Å². The molecule has 5 heteroatoms. The van der Waals surface area contributed by atoms with E-state index in [0.717, 1.165) is 22.4 Å². The van der Waals surface area contributed by atoms with Gasteiger partial charge in [-0.1, -0.05) is 17.4 Å². The van der Waals surface area contributed by atoms with Gasteiger partial charge in [0.2, 0.25) is 0 Å². The van der Waals surface area contributed by atoms with Crippen LogP contribution in [0.5, 0.6) is 0 Å². The summed E-state index contributed by atoms with van der Waals surface area (Å²) in [5.41, 5.74) is 2.40. The molecule has 1 aromatic carbocycles. The first-order valence-corrected chi connectivity index (χ1v) is 9.14. The molecule has 2 nitrogen and oxygen atoms in total. The second-order valence-corrected chi connectivity index (χ2v) is 8.03. The average Bonchev–Trinajstić information content (AvgIpc) is 2.79. The van der Waals surface area contributed by atoms with E-state index in [4.69, 9.17) is 0 Å². The standard InChI is InChI=1S/C13H16N2S3/c1-9-2-3-12-11(6-9)15-13(18-12)14-7-10-8-16-4-5-17-10/h2-3,6,10H,4-5,7-8H2,1H3,(H,14,15). The predicted molar refractivity (Wildman–Crippen MR) is 86.4 cm³/mol. The molecule has 2 aromatic rings. The Morgan fingerprint density at radius 2 is 2.33 bits per heavy atom. The van der Waals surface area contributed by atoms with Gasteiger partial charge in [-0.25, -0.2) is 4.98 Å². The first-order valence-electron chi connectivity index (χ1n) is 6.12. The summed E-state index contributed by atoms with van der Waals surface area (Å²) in [4.78, 5) is 4.65. The molecule has 0 spiro atoms. The van der Waals surface area contributed by atoms with Crippen molar-refractivity contribution in [3.63, 3.8) is 0 Å². The number of aryl methyl sites for hydroxylation is 1. The van der Waals surface area contributed by atoms with E-state index in [9.17, 15) is 0 Å². The number of aromatic nitrogens is 1. The molecule has 0 radical (unpaired) electrons. The minimum Gasteiger partial charge on any atom is -0.360 e. The number of nitrogens with zero attached hydrogens (tertiary/aromatic N) is 1. The summed E-state index contributed by atoms with van der Waals surface area (Å²) in [6.07, 6.45) is 0. The molecule has 1 aromatic heterocycles. The van der Waals surface area contributed by atoms with Crippen LogP contribution < -0.4 is 5.32 Å². The van der Waals surface area contributed by atoms with Crippen LogP contribution in [0, 0.1) is 6.92 Å². The first kappa shape index (κ1) is 12.6. The lowest BCUT2D eigenvalue weighted by Crippen LogP contribution is -2.23. The van der Waals surface area contributed by atoms with E-state index in [1.165, 1.54) is 27.5 Å². The summed E-state index contributed by atoms with van der Waals surface area (Å²) in [7, 11) is 0. The van der Waals surface area contributed by atoms with Gasteiger partial charge in [0.1, 0.15) is 0 Å². The lowest BCUT2D eigenvalue weighted by atomic mass is 10.2. The maximum absolute atomic E-state index is 4.65. The van der Waals surface area contributed by atoms with E-state index < -0.39 is 0 Å². The number of rotatable bonds is 3. The predicted octanol–water partition coefficient (Wildman–Crippen LogP) is 3.87. The van der Waals surface area contributed by atoms with Crippen molar-refractivity contribution in [1.29, 1.82) is 0 Å². The maximum Gasteiger partial charge on any atom is 0.183 e. The summed E-state index contributed by atoms with van der Waals surface area (Å²) in [6.45, 7) is 3.15. The smallest absolute Gasteiger partial charge is 0.183 e. The molecular weight excluding hydrogens is 280 g/mol. The molecule has 1 N–H and O–H groups in total. The average molecular weight is 296 g/mol. The summed E-state index contributed by atoms with van der Waals surface area (Å²) in [6, 6.07) is 6.47. The van der Waals surface area contributed by atoms with Crippen LogP contribution in [-0.2, 0) is 0 Å². The monoisotopic (exact) mass is 296 g/mol. The zero-order valence-electron chi connectivity index (χ0n) is 10.3. The van der Waals surface area contributed by atoms with Crippen LogP contribution in [0.3, 0.4) is 0 Å². The molecular formula is C13H16N2S3. The first-order chi connectivity index (χ1) is 8.81. The number of hydrogen-bond acceptors (Lipinski definition) is 5. The van der Waals surface area contributed by atoms with E-state index in [2.05, 4.69) is 58.9 Å². The Hall–Kier alpha value is -0.390. The van der Waals surface area contributed by atoms with Gasteiger partial charge < -0.3 is 5.32 Å². The van der Waals surface area contributed by atoms with Crippen LogP contribution in [0.15, 0.2) is 18.2 Å². The van der Waals surface area contributed by atoms with Gasteiger partial charge in [0.05, 0.1) is 10.2 Å². The molecule has 0 aliphatic carbocycles. The molecule has 3 rings (SSSR count). The second kappa shape index (κ2) is 5.72. The van der Waals surface area contributed by atoms with Gasteiger partial charge in [0.25, 0.3) is 0 Å². The normalized spacial score (nSPS) is 20.2. The third-order valence-electron chi connectivity index (χ3n) is 2.91. The van der Waals surface area contributed by atoms with E-state index in [0.29, 0.717) is 0 Å². The largest absolute Gasteiger partial charge is 0.360 e. The Balaban J connectivity index is 1.67. The second-order valence-electron chi connectivity index (χ2n) is 4.44. The van der Waals surface area contributed by atoms with Gasteiger partial charge in [0, 0.05) is 29.1 Å². The number of thiazole rings is 1. The third kappa shape index (κ3) is 2.95. The molecule has 0 saturated carbocycles. The molecule has 1 fully saturated rings. The maximum atomic E-state index is 4.65. The van der Waals surface area contributed by atoms with Crippen molar-refractivity contribution in [1.82, 2.24) is 4.98 Å². The molecule has 1 aliphatic rings. The topological polar surface area (TPSA) is 24.9 Å². The van der Waals surface area contributed by atoms with Crippen LogP contribution >= 0.6 is 34.9 Å². The Labute approximate surface area is 120 Å². The zero-order valence-corrected chi connectivity index (χ0v) is 12.8. The third-order valence-corrected chi connectivity index (χ3v) is 6.75. The fraction of sp³-hybridized carbons (Fsp3) is 0.462. The molecule has 2 heterocycles. The quantitative estimate of drug-likeness (QED) is 0.929. The number of fused-ring (bicyclic) bond motifs is 1. The Morgan fingerprint density at radius 3 is 3.17 bits per heavy atom. The number of hydrogen-bond donors (Lipinski definition) is 1. The molecule has 0 bridgehead atoms. The van der Waals surface area contributed by atoms with Crippen LogP contribution in [0.1, 0.15) is 5.56 Å². The minimum atomic E-state index is 0.734. The Kier molecular flexibility index (Phi) is 4.01. The summed E-state index contributed by atoms with van der Waals surface area (Å²) >= 11 is 5.91. The highest BCUT2D eigenvalue weighted by Gasteiger charge is 2.14. The SMILES string of the molecule is Cc1ccc2sc(NCC3CSCCS3)nc2c1. The zero-order chi connectivity index (χ0) is 12.4. The van der Waals surface area contributed by atoms with Gasteiger partial charge >= 0.3 is 0 Å². The molecule has 1 aliphatic heterocycles. The van der Waals surface area contributed by atoms with Gasteiger partial charge in [-0.15, -0.1) is 0 Å². The summed E-state index contributed by atoms with van der Waals surface area (Å²) in [5, 5.41) is 5.29. The highest BCUT2D eigenvalue weighted by atomic mass is 32.2. The summed E-state index contributed by atoms with van der Waals surface area (Å²) in [5.74, 6) is 3.86. The van der Waals surface area contributed by atoms with Crippen molar-refractivity contribution >= 4 is 50.2 Å². The highest BCUT2D eigenvalue weighted by molar-refractivity contribution is 8.06. The van der Waals surface area contributed by atoms with Gasteiger partial charge in [0.15, 0.2) is 5.13 Å². The fourth-order valence-electron chi connectivity index (χ4n) is 1.97. The molecule has 1 unspecified atom stereocenters. The number of anilines is 1. The number of thioether (sulfide) groups is 2. The summed E-state index contributed by atoms with van der Waals surface area (Å²) < 4.78 is 1.27. The molecule has 0 amide bonds. The molecule has 1 atom stereocenters. The van der Waals surface area contributed by atoms with E-state index in [1.54, 1.807) is 11.3 Å². The van der Waals surface area contributed by atoms with Gasteiger partial charge in [-0.05, 0) is 24.6 Å². The molecule has 96 valence electrons. The highest BCUT2D eigenvalue weighted by Crippen LogP contribution is 2.28. The van der Waals surface area contributed by atoms with E-state index in [1.807, 2.05) is 0 Å². The lowest BCUT2D eigenvalue weighted by Gasteiger charge is -2.20. The van der Waals surface area contributed by atoms with Crippen molar-refractivity contribution in [3.05, 3.63) is 23.8 Å². The van der Waals surface area contributed by atoms with E-state index >= 15 is 0 Å². The molecule has 1 saturated heterocycles. The van der Waals surface area contributed by atoms with Crippen molar-refractivity contribution < 1.29 is 0 Å². The van der Waals surface area contributed by atoms with Crippen LogP contribution in [-0.4, -0.2) is 34.0 Å². The van der Waals surface area contributed by atoms with Gasteiger partial charge in [-0.3, -0.25) is 0 Å². The lowest BCUT2D eigenvalue weighted by molar-refractivity contribution is 1.00. The van der Waals surface area contributed by atoms with Crippen LogP contribution in [0.25, 0.3) is 10.2 Å².